The van der Waals surface area contributed by atoms with Gasteiger partial charge in [0.2, 0.25) is 0 Å². The van der Waals surface area contributed by atoms with Crippen molar-refractivity contribution >= 4 is 32.6 Å². The fraction of sp³-hybridized carbons (Fsp3) is 0.300. The molecule has 1 atom stereocenters. The maximum Gasteiger partial charge on any atom is 0.257 e. The highest BCUT2D eigenvalue weighted by Crippen LogP contribution is 2.31. The Morgan fingerprint density at radius 3 is 2.93 bits per heavy atom. The van der Waals surface area contributed by atoms with Crippen LogP contribution in [0.5, 0.6) is 5.75 Å². The smallest absolute Gasteiger partial charge is 0.257 e. The van der Waals surface area contributed by atoms with Crippen molar-refractivity contribution < 1.29 is 18.3 Å². The second kappa shape index (κ2) is 7.35. The number of aryl methyl sites for hydroxylation is 1. The molecule has 1 aromatic heterocycles. The molecule has 1 amide bonds. The number of halogens is 2. The predicted molar refractivity (Wildman–Crippen MR) is 105 cm³/mol. The fourth-order valence-electron chi connectivity index (χ4n) is 3.42. The van der Waals surface area contributed by atoms with E-state index < -0.39 is 11.6 Å². The molecule has 8 heteroatoms. The summed E-state index contributed by atoms with van der Waals surface area (Å²) in [5, 5.41) is 3.77. The van der Waals surface area contributed by atoms with Gasteiger partial charge in [0.05, 0.1) is 22.9 Å². The van der Waals surface area contributed by atoms with Gasteiger partial charge in [-0.2, -0.15) is 0 Å². The van der Waals surface area contributed by atoms with Crippen molar-refractivity contribution in [1.29, 1.82) is 0 Å². The van der Waals surface area contributed by atoms with Gasteiger partial charge in [0.25, 0.3) is 5.91 Å². The summed E-state index contributed by atoms with van der Waals surface area (Å²) < 4.78 is 32.9. The van der Waals surface area contributed by atoms with E-state index in [0.29, 0.717) is 39.8 Å². The van der Waals surface area contributed by atoms with Crippen LogP contribution < -0.4 is 10.1 Å². The molecule has 0 bridgehead atoms. The fourth-order valence-corrected chi connectivity index (χ4v) is 4.35. The van der Waals surface area contributed by atoms with Crippen molar-refractivity contribution in [2.24, 2.45) is 0 Å². The highest BCUT2D eigenvalue weighted by atomic mass is 32.1. The lowest BCUT2D eigenvalue weighted by Gasteiger charge is -2.18. The lowest BCUT2D eigenvalue weighted by molar-refractivity contribution is 0.0788. The van der Waals surface area contributed by atoms with E-state index in [-0.39, 0.29) is 11.9 Å². The van der Waals surface area contributed by atoms with Crippen molar-refractivity contribution in [3.63, 3.8) is 0 Å². The molecule has 5 nitrogen and oxygen atoms in total. The van der Waals surface area contributed by atoms with Crippen LogP contribution in [0.15, 0.2) is 30.3 Å². The van der Waals surface area contributed by atoms with Crippen LogP contribution in [0.4, 0.5) is 13.9 Å². The summed E-state index contributed by atoms with van der Waals surface area (Å²) in [5.41, 5.74) is 1.82. The van der Waals surface area contributed by atoms with Gasteiger partial charge in [-0.3, -0.25) is 4.79 Å². The van der Waals surface area contributed by atoms with Crippen LogP contribution in [0, 0.1) is 18.6 Å². The van der Waals surface area contributed by atoms with E-state index in [1.54, 1.807) is 18.1 Å². The number of likely N-dealkylation sites (tertiary alicyclic amines) is 1. The molecule has 0 radical (unpaired) electrons. The van der Waals surface area contributed by atoms with Crippen LogP contribution in [0.3, 0.4) is 0 Å². The molecule has 1 saturated heterocycles. The number of anilines is 1. The third-order valence-corrected chi connectivity index (χ3v) is 5.81. The number of hydrogen-bond donors (Lipinski definition) is 1. The Labute approximate surface area is 164 Å². The average Bonchev–Trinajstić information content (AvgIpc) is 3.28. The topological polar surface area (TPSA) is 54.5 Å². The van der Waals surface area contributed by atoms with E-state index in [0.717, 1.165) is 29.4 Å². The number of benzene rings is 2. The zero-order chi connectivity index (χ0) is 19.8. The van der Waals surface area contributed by atoms with Gasteiger partial charge in [-0.1, -0.05) is 23.0 Å². The van der Waals surface area contributed by atoms with E-state index in [2.05, 4.69) is 10.3 Å². The van der Waals surface area contributed by atoms with E-state index in [4.69, 9.17) is 4.74 Å². The molecule has 0 saturated carbocycles. The average molecular weight is 403 g/mol. The van der Waals surface area contributed by atoms with Gasteiger partial charge in [-0.15, -0.1) is 0 Å². The summed E-state index contributed by atoms with van der Waals surface area (Å²) in [6.07, 6.45) is 0.743. The zero-order valence-electron chi connectivity index (χ0n) is 15.5. The Hall–Kier alpha value is -2.74. The minimum absolute atomic E-state index is 0.00627. The lowest BCUT2D eigenvalue weighted by Crippen LogP contribution is -2.31. The lowest BCUT2D eigenvalue weighted by atomic mass is 10.1. The molecule has 2 aromatic carbocycles. The molecule has 1 aliphatic rings. The second-order valence-electron chi connectivity index (χ2n) is 6.84. The largest absolute Gasteiger partial charge is 0.496 e. The van der Waals surface area contributed by atoms with Crippen LogP contribution in [0.25, 0.3) is 10.2 Å². The number of hydrogen-bond acceptors (Lipinski definition) is 5. The summed E-state index contributed by atoms with van der Waals surface area (Å²) >= 11 is 1.15. The number of thiazole rings is 1. The number of carbonyl (C=O) groups excluding carboxylic acids is 1. The standard InChI is InChI=1S/C20H19F2N3O2S/c1-11-3-4-17(27-2)14(7-11)19(26)25-6-5-13(10-25)23-20-24-16-9-12(21)8-15(22)18(16)28-20/h3-4,7-9,13H,5-6,10H2,1-2H3,(H,23,24)/t13-/m1/s1. The molecule has 0 unspecified atom stereocenters. The summed E-state index contributed by atoms with van der Waals surface area (Å²) in [4.78, 5) is 18.9. The van der Waals surface area contributed by atoms with Crippen LogP contribution in [-0.2, 0) is 0 Å². The summed E-state index contributed by atoms with van der Waals surface area (Å²) in [7, 11) is 1.55. The summed E-state index contributed by atoms with van der Waals surface area (Å²) in [6, 6.07) is 7.59. The number of carbonyl (C=O) groups is 1. The SMILES string of the molecule is COc1ccc(C)cc1C(=O)N1CC[C@@H](Nc2nc3cc(F)cc(F)c3s2)C1. The minimum atomic E-state index is -0.647. The highest BCUT2D eigenvalue weighted by molar-refractivity contribution is 7.22. The normalized spacial score (nSPS) is 16.6. The van der Waals surface area contributed by atoms with E-state index in [1.165, 1.54) is 6.07 Å². The highest BCUT2D eigenvalue weighted by Gasteiger charge is 2.29. The molecule has 28 heavy (non-hydrogen) atoms. The number of amides is 1. The molecule has 1 fully saturated rings. The van der Waals surface area contributed by atoms with Gasteiger partial charge in [-0.25, -0.2) is 13.8 Å². The third kappa shape index (κ3) is 3.52. The molecule has 146 valence electrons. The van der Waals surface area contributed by atoms with E-state index in [9.17, 15) is 13.6 Å². The number of rotatable bonds is 4. The minimum Gasteiger partial charge on any atom is -0.496 e. The van der Waals surface area contributed by atoms with Crippen molar-refractivity contribution in [1.82, 2.24) is 9.88 Å². The predicted octanol–water partition coefficient (Wildman–Crippen LogP) is 4.22. The Morgan fingerprint density at radius 2 is 2.14 bits per heavy atom. The van der Waals surface area contributed by atoms with Gasteiger partial charge < -0.3 is 15.0 Å². The third-order valence-electron chi connectivity index (χ3n) is 4.80. The molecule has 4 rings (SSSR count). The molecule has 0 spiro atoms. The van der Waals surface area contributed by atoms with Gasteiger partial charge >= 0.3 is 0 Å². The molecule has 3 aromatic rings. The number of methoxy groups -OCH3 is 1. The molecular weight excluding hydrogens is 384 g/mol. The molecular formula is C20H19F2N3O2S. The van der Waals surface area contributed by atoms with Crippen LogP contribution in [0.2, 0.25) is 0 Å². The maximum absolute atomic E-state index is 13.9. The maximum atomic E-state index is 13.9. The summed E-state index contributed by atoms with van der Waals surface area (Å²) in [6.45, 7) is 3.03. The number of nitrogens with one attached hydrogen (secondary N) is 1. The molecule has 1 aliphatic heterocycles. The molecule has 2 heterocycles. The van der Waals surface area contributed by atoms with Crippen molar-refractivity contribution in [3.8, 4) is 5.75 Å². The van der Waals surface area contributed by atoms with E-state index >= 15 is 0 Å². The molecule has 1 N–H and O–H groups in total. The Morgan fingerprint density at radius 1 is 1.32 bits per heavy atom. The zero-order valence-corrected chi connectivity index (χ0v) is 16.3. The molecule has 0 aliphatic carbocycles. The van der Waals surface area contributed by atoms with Gasteiger partial charge in [0.1, 0.15) is 17.4 Å². The van der Waals surface area contributed by atoms with Gasteiger partial charge in [0, 0.05) is 31.3 Å². The number of nitrogens with zero attached hydrogens (tertiary/aromatic N) is 2. The first-order valence-electron chi connectivity index (χ1n) is 8.90. The van der Waals surface area contributed by atoms with Gasteiger partial charge in [0.15, 0.2) is 5.13 Å². The van der Waals surface area contributed by atoms with Gasteiger partial charge in [-0.05, 0) is 25.5 Å². The van der Waals surface area contributed by atoms with Crippen LogP contribution in [0.1, 0.15) is 22.3 Å². The van der Waals surface area contributed by atoms with Crippen LogP contribution in [-0.4, -0.2) is 42.0 Å². The summed E-state index contributed by atoms with van der Waals surface area (Å²) in [5.74, 6) is -0.792. The Balaban J connectivity index is 1.48. The number of fused-ring (bicyclic) bond motifs is 1. The first-order valence-corrected chi connectivity index (χ1v) is 9.72. The van der Waals surface area contributed by atoms with Crippen LogP contribution >= 0.6 is 11.3 Å². The number of aromatic nitrogens is 1. The monoisotopic (exact) mass is 403 g/mol. The van der Waals surface area contributed by atoms with E-state index in [1.807, 2.05) is 19.1 Å². The second-order valence-corrected chi connectivity index (χ2v) is 7.84. The van der Waals surface area contributed by atoms with Crippen molar-refractivity contribution in [3.05, 3.63) is 53.1 Å². The first-order chi connectivity index (χ1) is 13.4. The Kier molecular flexibility index (Phi) is 4.89. The van der Waals surface area contributed by atoms with Crippen molar-refractivity contribution in [2.45, 2.75) is 19.4 Å². The van der Waals surface area contributed by atoms with Crippen molar-refractivity contribution in [2.75, 3.05) is 25.5 Å². The number of ether oxygens (including phenoxy) is 1. The first kappa shape index (κ1) is 18.6. The Bertz CT molecular complexity index is 1050. The quantitative estimate of drug-likeness (QED) is 0.709.